The van der Waals surface area contributed by atoms with Crippen molar-refractivity contribution in [2.75, 3.05) is 17.7 Å². The number of carbonyl (C=O) groups excluding carboxylic acids is 1. The van der Waals surface area contributed by atoms with Gasteiger partial charge in [0.25, 0.3) is 0 Å². The van der Waals surface area contributed by atoms with E-state index in [0.29, 0.717) is 22.0 Å². The van der Waals surface area contributed by atoms with Gasteiger partial charge in [-0.2, -0.15) is 0 Å². The second kappa shape index (κ2) is 9.40. The molecular weight excluding hydrogens is 424 g/mol. The zero-order valence-corrected chi connectivity index (χ0v) is 17.9. The van der Waals surface area contributed by atoms with Gasteiger partial charge in [0.1, 0.15) is 18.2 Å². The van der Waals surface area contributed by atoms with Crippen molar-refractivity contribution < 1.29 is 14.3 Å². The zero-order chi connectivity index (χ0) is 22.5. The summed E-state index contributed by atoms with van der Waals surface area (Å²) in [4.78, 5) is 13.0. The standard InChI is InChI=1S/C24H22N4O3S/c25-16-8-4-9-17(12-16)28-24(29)30-14-20(15-6-2-1-3-7-15)31-19-10-5-11-21-18(19)13-22(32-21)23(26)27/h1-13,20H,14,25H2,(H3,26,27)(H,28,29). The average Bonchev–Trinajstić information content (AvgIpc) is 3.23. The number of amidine groups is 1. The maximum Gasteiger partial charge on any atom is 0.411 e. The molecule has 0 spiro atoms. The molecule has 0 aliphatic carbocycles. The topological polar surface area (TPSA) is 123 Å². The number of carbonyl (C=O) groups is 1. The lowest BCUT2D eigenvalue weighted by Crippen LogP contribution is -2.21. The number of hydrogen-bond acceptors (Lipinski definition) is 6. The number of fused-ring (bicyclic) bond motifs is 1. The van der Waals surface area contributed by atoms with Crippen molar-refractivity contribution in [1.29, 1.82) is 5.41 Å². The van der Waals surface area contributed by atoms with Gasteiger partial charge in [-0.15, -0.1) is 11.3 Å². The van der Waals surface area contributed by atoms with E-state index < -0.39 is 12.2 Å². The smallest absolute Gasteiger partial charge is 0.411 e. The molecule has 0 radical (unpaired) electrons. The summed E-state index contributed by atoms with van der Waals surface area (Å²) in [6, 6.07) is 23.9. The summed E-state index contributed by atoms with van der Waals surface area (Å²) in [5.41, 5.74) is 13.4. The van der Waals surface area contributed by atoms with E-state index in [0.717, 1.165) is 15.6 Å². The van der Waals surface area contributed by atoms with Crippen LogP contribution in [0.2, 0.25) is 0 Å². The Morgan fingerprint density at radius 2 is 1.81 bits per heavy atom. The van der Waals surface area contributed by atoms with Gasteiger partial charge in [-0.3, -0.25) is 10.7 Å². The predicted molar refractivity (Wildman–Crippen MR) is 128 cm³/mol. The second-order valence-corrected chi connectivity index (χ2v) is 8.14. The van der Waals surface area contributed by atoms with Crippen molar-refractivity contribution in [1.82, 2.24) is 0 Å². The first-order valence-electron chi connectivity index (χ1n) is 9.87. The minimum atomic E-state index is -0.604. The van der Waals surface area contributed by atoms with Crippen molar-refractivity contribution in [2.24, 2.45) is 5.73 Å². The van der Waals surface area contributed by atoms with Crippen LogP contribution in [0.25, 0.3) is 10.1 Å². The van der Waals surface area contributed by atoms with E-state index in [1.165, 1.54) is 11.3 Å². The molecule has 0 saturated carbocycles. The molecule has 1 unspecified atom stereocenters. The van der Waals surface area contributed by atoms with Crippen LogP contribution in [-0.4, -0.2) is 18.5 Å². The summed E-state index contributed by atoms with van der Waals surface area (Å²) in [6.07, 6.45) is -1.14. The molecule has 32 heavy (non-hydrogen) atoms. The number of ether oxygens (including phenoxy) is 2. The predicted octanol–water partition coefficient (Wildman–Crippen LogP) is 5.14. The van der Waals surface area contributed by atoms with Gasteiger partial charge in [-0.25, -0.2) is 4.79 Å². The minimum Gasteiger partial charge on any atom is -0.481 e. The number of amides is 1. The molecule has 1 aromatic heterocycles. The molecule has 1 heterocycles. The van der Waals surface area contributed by atoms with Gasteiger partial charge in [-0.1, -0.05) is 42.5 Å². The SMILES string of the molecule is N=C(N)c1cc2c(OC(COC(=O)Nc3cccc(N)c3)c3ccccc3)cccc2s1. The number of rotatable bonds is 7. The fourth-order valence-corrected chi connectivity index (χ4v) is 4.15. The molecule has 0 bridgehead atoms. The van der Waals surface area contributed by atoms with Crippen LogP contribution in [0, 0.1) is 5.41 Å². The highest BCUT2D eigenvalue weighted by molar-refractivity contribution is 7.20. The Morgan fingerprint density at radius 1 is 1.03 bits per heavy atom. The molecule has 0 aliphatic heterocycles. The Labute approximate surface area is 189 Å². The lowest BCUT2D eigenvalue weighted by atomic mass is 10.1. The van der Waals surface area contributed by atoms with Crippen molar-refractivity contribution in [3.63, 3.8) is 0 Å². The van der Waals surface area contributed by atoms with E-state index in [2.05, 4.69) is 5.32 Å². The van der Waals surface area contributed by atoms with Crippen molar-refractivity contribution >= 4 is 44.7 Å². The fraction of sp³-hybridized carbons (Fsp3) is 0.0833. The lowest BCUT2D eigenvalue weighted by Gasteiger charge is -2.20. The number of nitrogens with one attached hydrogen (secondary N) is 2. The van der Waals surface area contributed by atoms with Gasteiger partial charge in [0.05, 0.1) is 4.88 Å². The number of thiophene rings is 1. The van der Waals surface area contributed by atoms with E-state index in [-0.39, 0.29) is 12.4 Å². The Bertz CT molecular complexity index is 1260. The third-order valence-corrected chi connectivity index (χ3v) is 5.86. The van der Waals surface area contributed by atoms with E-state index in [9.17, 15) is 4.79 Å². The minimum absolute atomic E-state index is 0.00173. The molecule has 1 atom stereocenters. The molecule has 0 fully saturated rings. The molecule has 7 nitrogen and oxygen atoms in total. The highest BCUT2D eigenvalue weighted by Crippen LogP contribution is 2.35. The first kappa shape index (κ1) is 21.2. The van der Waals surface area contributed by atoms with Crippen LogP contribution in [0.3, 0.4) is 0 Å². The van der Waals surface area contributed by atoms with Crippen LogP contribution in [0.1, 0.15) is 16.5 Å². The molecule has 8 heteroatoms. The van der Waals surface area contributed by atoms with Crippen molar-refractivity contribution in [2.45, 2.75) is 6.10 Å². The van der Waals surface area contributed by atoms with Crippen LogP contribution in [0.15, 0.2) is 78.9 Å². The van der Waals surface area contributed by atoms with E-state index in [1.807, 2.05) is 54.6 Å². The third-order valence-electron chi connectivity index (χ3n) is 4.73. The number of hydrogen-bond donors (Lipinski definition) is 4. The molecule has 0 saturated heterocycles. The van der Waals surface area contributed by atoms with Gasteiger partial charge in [0.15, 0.2) is 6.10 Å². The monoisotopic (exact) mass is 446 g/mol. The second-order valence-electron chi connectivity index (χ2n) is 7.06. The van der Waals surface area contributed by atoms with Crippen molar-refractivity contribution in [3.8, 4) is 5.75 Å². The summed E-state index contributed by atoms with van der Waals surface area (Å²) in [5.74, 6) is 0.637. The summed E-state index contributed by atoms with van der Waals surface area (Å²) < 4.78 is 12.7. The number of nitrogen functional groups attached to an aromatic ring is 2. The summed E-state index contributed by atoms with van der Waals surface area (Å²) >= 11 is 1.43. The Hall–Kier alpha value is -4.04. The normalized spacial score (nSPS) is 11.6. The Morgan fingerprint density at radius 3 is 2.56 bits per heavy atom. The molecule has 162 valence electrons. The first-order valence-corrected chi connectivity index (χ1v) is 10.7. The van der Waals surface area contributed by atoms with Gasteiger partial charge in [0.2, 0.25) is 0 Å². The molecule has 1 amide bonds. The van der Waals surface area contributed by atoms with Crippen LogP contribution in [0.5, 0.6) is 5.75 Å². The molecule has 4 aromatic rings. The molecule has 3 aromatic carbocycles. The van der Waals surface area contributed by atoms with Crippen LogP contribution >= 0.6 is 11.3 Å². The lowest BCUT2D eigenvalue weighted by molar-refractivity contribution is 0.0910. The third kappa shape index (κ3) is 4.98. The fourth-order valence-electron chi connectivity index (χ4n) is 3.21. The van der Waals surface area contributed by atoms with Gasteiger partial charge < -0.3 is 20.9 Å². The maximum absolute atomic E-state index is 12.3. The van der Waals surface area contributed by atoms with Crippen molar-refractivity contribution in [3.05, 3.63) is 89.3 Å². The van der Waals surface area contributed by atoms with E-state index in [1.54, 1.807) is 24.3 Å². The quantitative estimate of drug-likeness (QED) is 0.178. The number of benzene rings is 3. The Kier molecular flexibility index (Phi) is 6.23. The highest BCUT2D eigenvalue weighted by atomic mass is 32.1. The summed E-state index contributed by atoms with van der Waals surface area (Å²) in [5, 5.41) is 11.2. The zero-order valence-electron chi connectivity index (χ0n) is 17.1. The summed E-state index contributed by atoms with van der Waals surface area (Å²) in [7, 11) is 0. The van der Waals surface area contributed by atoms with E-state index >= 15 is 0 Å². The largest absolute Gasteiger partial charge is 0.481 e. The molecule has 4 rings (SSSR count). The number of anilines is 2. The first-order chi connectivity index (χ1) is 15.5. The molecule has 0 aliphatic rings. The van der Waals surface area contributed by atoms with Gasteiger partial charge in [0, 0.05) is 21.5 Å². The number of nitrogens with two attached hydrogens (primary N) is 2. The van der Waals surface area contributed by atoms with Gasteiger partial charge >= 0.3 is 6.09 Å². The maximum atomic E-state index is 12.3. The van der Waals surface area contributed by atoms with Gasteiger partial charge in [-0.05, 0) is 42.0 Å². The summed E-state index contributed by atoms with van der Waals surface area (Å²) in [6.45, 7) is -0.00173. The molecular formula is C24H22N4O3S. The van der Waals surface area contributed by atoms with Crippen LogP contribution < -0.4 is 21.5 Å². The molecule has 6 N–H and O–H groups in total. The average molecular weight is 447 g/mol. The van der Waals surface area contributed by atoms with E-state index in [4.69, 9.17) is 26.4 Å². The Balaban J connectivity index is 1.54. The highest BCUT2D eigenvalue weighted by Gasteiger charge is 2.19. The van der Waals surface area contributed by atoms with Crippen LogP contribution in [0.4, 0.5) is 16.2 Å². The van der Waals surface area contributed by atoms with Crippen LogP contribution in [-0.2, 0) is 4.74 Å².